The molecule has 0 saturated carbocycles. The summed E-state index contributed by atoms with van der Waals surface area (Å²) in [6, 6.07) is 5.33. The lowest BCUT2D eigenvalue weighted by atomic mass is 10.0. The molecule has 2 aromatic carbocycles. The largest absolute Gasteiger partial charge is 0.388 e. The van der Waals surface area contributed by atoms with E-state index in [0.717, 1.165) is 24.3 Å². The van der Waals surface area contributed by atoms with Gasteiger partial charge in [0.15, 0.2) is 11.6 Å². The maximum atomic E-state index is 13.5. The predicted molar refractivity (Wildman–Crippen MR) is 69.1 cm³/mol. The summed E-state index contributed by atoms with van der Waals surface area (Å²) in [6.45, 7) is 0. The van der Waals surface area contributed by atoms with Crippen molar-refractivity contribution in [3.05, 3.63) is 69.2 Å². The Bertz CT molecular complexity index is 625. The molecule has 0 aliphatic rings. The first-order valence-electron chi connectivity index (χ1n) is 5.66. The summed E-state index contributed by atoms with van der Waals surface area (Å²) >= 11 is 2.82. The lowest BCUT2D eigenvalue weighted by Crippen LogP contribution is -2.07. The highest BCUT2D eigenvalue weighted by Gasteiger charge is 2.20. The number of aliphatic hydroxyl groups excluding tert-OH is 1. The third kappa shape index (κ3) is 2.86. The van der Waals surface area contributed by atoms with E-state index >= 15 is 0 Å². The van der Waals surface area contributed by atoms with Crippen LogP contribution in [0.1, 0.15) is 17.2 Å². The Balaban J connectivity index is 2.34. The summed E-state index contributed by atoms with van der Waals surface area (Å²) in [5.41, 5.74) is -0.289. The lowest BCUT2D eigenvalue weighted by Gasteiger charge is -2.14. The standard InChI is InChI=1S/C14H9BrF4O/c15-13-7(4-5-11(18)14(13)19)12(20)6-8-9(16)2-1-3-10(8)17/h1-5,12,20H,6H2. The fourth-order valence-corrected chi connectivity index (χ4v) is 2.41. The van der Waals surface area contributed by atoms with Crippen molar-refractivity contribution in [1.29, 1.82) is 0 Å². The SMILES string of the molecule is OC(Cc1c(F)cccc1F)c1ccc(F)c(F)c1Br. The Hall–Kier alpha value is -1.40. The minimum Gasteiger partial charge on any atom is -0.388 e. The molecule has 0 aliphatic carbocycles. The van der Waals surface area contributed by atoms with Crippen LogP contribution in [0.2, 0.25) is 0 Å². The summed E-state index contributed by atoms with van der Waals surface area (Å²) in [7, 11) is 0. The third-order valence-corrected chi connectivity index (χ3v) is 3.69. The molecule has 20 heavy (non-hydrogen) atoms. The Morgan fingerprint density at radius 1 is 0.950 bits per heavy atom. The molecule has 2 aromatic rings. The number of aliphatic hydroxyl groups is 1. The molecule has 0 heterocycles. The molecule has 0 aliphatic heterocycles. The average Bonchev–Trinajstić information content (AvgIpc) is 2.40. The first-order chi connectivity index (χ1) is 9.41. The van der Waals surface area contributed by atoms with Crippen LogP contribution < -0.4 is 0 Å². The average molecular weight is 349 g/mol. The van der Waals surface area contributed by atoms with Crippen molar-refractivity contribution in [2.45, 2.75) is 12.5 Å². The minimum absolute atomic E-state index is 0.0200. The summed E-state index contributed by atoms with van der Waals surface area (Å²) < 4.78 is 53.0. The van der Waals surface area contributed by atoms with E-state index in [1.807, 2.05) is 0 Å². The first-order valence-corrected chi connectivity index (χ1v) is 6.45. The predicted octanol–water partition coefficient (Wildman–Crippen LogP) is 4.28. The minimum atomic E-state index is -1.37. The summed E-state index contributed by atoms with van der Waals surface area (Å²) in [5, 5.41) is 9.97. The van der Waals surface area contributed by atoms with Crippen LogP contribution in [0.25, 0.3) is 0 Å². The van der Waals surface area contributed by atoms with Gasteiger partial charge in [-0.3, -0.25) is 0 Å². The molecule has 0 aromatic heterocycles. The van der Waals surface area contributed by atoms with E-state index in [1.54, 1.807) is 0 Å². The molecule has 0 fully saturated rings. The Morgan fingerprint density at radius 2 is 1.55 bits per heavy atom. The maximum absolute atomic E-state index is 13.5. The number of halogens is 5. The van der Waals surface area contributed by atoms with Gasteiger partial charge in [-0.1, -0.05) is 12.1 Å². The highest BCUT2D eigenvalue weighted by molar-refractivity contribution is 9.10. The molecule has 1 nitrogen and oxygen atoms in total. The third-order valence-electron chi connectivity index (χ3n) is 2.88. The van der Waals surface area contributed by atoms with Crippen LogP contribution in [0.5, 0.6) is 0 Å². The van der Waals surface area contributed by atoms with Gasteiger partial charge in [-0.05, 0) is 39.7 Å². The fourth-order valence-electron chi connectivity index (χ4n) is 1.83. The van der Waals surface area contributed by atoms with E-state index in [-0.39, 0.29) is 22.0 Å². The smallest absolute Gasteiger partial charge is 0.173 e. The summed E-state index contributed by atoms with van der Waals surface area (Å²) in [5.74, 6) is -3.84. The van der Waals surface area contributed by atoms with Crippen LogP contribution in [0.3, 0.4) is 0 Å². The Morgan fingerprint density at radius 3 is 2.15 bits per heavy atom. The highest BCUT2D eigenvalue weighted by atomic mass is 79.9. The van der Waals surface area contributed by atoms with Gasteiger partial charge >= 0.3 is 0 Å². The molecule has 2 rings (SSSR count). The summed E-state index contributed by atoms with van der Waals surface area (Å²) in [6.07, 6.45) is -1.76. The molecule has 0 bridgehead atoms. The fraction of sp³-hybridized carbons (Fsp3) is 0.143. The van der Waals surface area contributed by atoms with Crippen molar-refractivity contribution < 1.29 is 22.7 Å². The van der Waals surface area contributed by atoms with Crippen molar-refractivity contribution >= 4 is 15.9 Å². The van der Waals surface area contributed by atoms with Crippen molar-refractivity contribution in [2.75, 3.05) is 0 Å². The van der Waals surface area contributed by atoms with Crippen LogP contribution in [0, 0.1) is 23.3 Å². The maximum Gasteiger partial charge on any atom is 0.173 e. The number of hydrogen-bond donors (Lipinski definition) is 1. The zero-order valence-corrected chi connectivity index (χ0v) is 11.6. The van der Waals surface area contributed by atoms with Crippen molar-refractivity contribution in [3.63, 3.8) is 0 Å². The number of benzene rings is 2. The second kappa shape index (κ2) is 5.93. The zero-order chi connectivity index (χ0) is 14.9. The van der Waals surface area contributed by atoms with Gasteiger partial charge in [-0.15, -0.1) is 0 Å². The molecular weight excluding hydrogens is 340 g/mol. The second-order valence-corrected chi connectivity index (χ2v) is 4.98. The van der Waals surface area contributed by atoms with Crippen LogP contribution in [0.15, 0.2) is 34.8 Å². The van der Waals surface area contributed by atoms with Crippen molar-refractivity contribution in [1.82, 2.24) is 0 Å². The normalized spacial score (nSPS) is 12.5. The Kier molecular flexibility index (Phi) is 4.45. The number of hydrogen-bond acceptors (Lipinski definition) is 1. The molecule has 0 saturated heterocycles. The molecule has 1 N–H and O–H groups in total. The monoisotopic (exact) mass is 348 g/mol. The second-order valence-electron chi connectivity index (χ2n) is 4.18. The van der Waals surface area contributed by atoms with Gasteiger partial charge in [0.05, 0.1) is 10.6 Å². The van der Waals surface area contributed by atoms with E-state index in [1.165, 1.54) is 6.07 Å². The van der Waals surface area contributed by atoms with E-state index in [2.05, 4.69) is 15.9 Å². The molecule has 6 heteroatoms. The molecule has 1 unspecified atom stereocenters. The van der Waals surface area contributed by atoms with Gasteiger partial charge in [0.1, 0.15) is 11.6 Å². The summed E-state index contributed by atoms with van der Waals surface area (Å²) in [4.78, 5) is 0. The van der Waals surface area contributed by atoms with Gasteiger partial charge in [-0.2, -0.15) is 0 Å². The molecule has 0 spiro atoms. The molecule has 1 atom stereocenters. The van der Waals surface area contributed by atoms with Crippen LogP contribution in [0.4, 0.5) is 17.6 Å². The van der Waals surface area contributed by atoms with E-state index < -0.39 is 29.4 Å². The van der Waals surface area contributed by atoms with Crippen LogP contribution in [-0.2, 0) is 6.42 Å². The van der Waals surface area contributed by atoms with Gasteiger partial charge in [-0.25, -0.2) is 17.6 Å². The molecule has 0 radical (unpaired) electrons. The van der Waals surface area contributed by atoms with Crippen LogP contribution >= 0.6 is 15.9 Å². The number of rotatable bonds is 3. The van der Waals surface area contributed by atoms with Crippen molar-refractivity contribution in [3.8, 4) is 0 Å². The molecular formula is C14H9BrF4O. The van der Waals surface area contributed by atoms with Gasteiger partial charge in [0.25, 0.3) is 0 Å². The molecule has 0 amide bonds. The van der Waals surface area contributed by atoms with E-state index in [9.17, 15) is 22.7 Å². The van der Waals surface area contributed by atoms with Gasteiger partial charge in [0, 0.05) is 12.0 Å². The highest BCUT2D eigenvalue weighted by Crippen LogP contribution is 2.30. The van der Waals surface area contributed by atoms with Crippen LogP contribution in [-0.4, -0.2) is 5.11 Å². The van der Waals surface area contributed by atoms with Crippen molar-refractivity contribution in [2.24, 2.45) is 0 Å². The van der Waals surface area contributed by atoms with E-state index in [0.29, 0.717) is 0 Å². The molecule has 106 valence electrons. The van der Waals surface area contributed by atoms with Gasteiger partial charge in [0.2, 0.25) is 0 Å². The first kappa shape index (κ1) is 15.0. The Labute approximate surface area is 121 Å². The lowest BCUT2D eigenvalue weighted by molar-refractivity contribution is 0.174. The topological polar surface area (TPSA) is 20.2 Å². The quantitative estimate of drug-likeness (QED) is 0.648. The van der Waals surface area contributed by atoms with Gasteiger partial charge < -0.3 is 5.11 Å². The zero-order valence-electron chi connectivity index (χ0n) is 10.0. The van der Waals surface area contributed by atoms with E-state index in [4.69, 9.17) is 0 Å².